The van der Waals surface area contributed by atoms with E-state index in [1.165, 1.54) is 18.3 Å². The first-order valence-corrected chi connectivity index (χ1v) is 9.47. The van der Waals surface area contributed by atoms with Gasteiger partial charge in [0.1, 0.15) is 0 Å². The van der Waals surface area contributed by atoms with E-state index in [9.17, 15) is 9.59 Å². The average Bonchev–Trinajstić information content (AvgIpc) is 3.02. The van der Waals surface area contributed by atoms with Gasteiger partial charge in [-0.25, -0.2) is 4.98 Å². The highest BCUT2D eigenvalue weighted by Crippen LogP contribution is 2.26. The van der Waals surface area contributed by atoms with Crippen molar-refractivity contribution >= 4 is 28.3 Å². The topological polar surface area (TPSA) is 74.3 Å². The Balaban J connectivity index is 2.01. The summed E-state index contributed by atoms with van der Waals surface area (Å²) in [6, 6.07) is 8.17. The monoisotopic (exact) mass is 374 g/mol. The van der Waals surface area contributed by atoms with E-state index in [1.54, 1.807) is 0 Å². The zero-order valence-electron chi connectivity index (χ0n) is 15.9. The molecule has 1 heterocycles. The summed E-state index contributed by atoms with van der Waals surface area (Å²) in [7, 11) is 1.92. The molecule has 0 bridgehead atoms. The second-order valence-corrected chi connectivity index (χ2v) is 7.50. The molecular weight excluding hydrogens is 348 g/mol. The maximum Gasteiger partial charge on any atom is 0.240 e. The Labute approximate surface area is 158 Å². The van der Waals surface area contributed by atoms with Crippen LogP contribution in [0.15, 0.2) is 29.6 Å². The first kappa shape index (κ1) is 20.1. The Hall–Kier alpha value is -2.25. The van der Waals surface area contributed by atoms with Crippen molar-refractivity contribution in [3.8, 4) is 11.3 Å². The number of benzene rings is 1. The molecule has 0 saturated heterocycles. The molecule has 2 N–H and O–H groups in total. The lowest BCUT2D eigenvalue weighted by atomic mass is 10.1. The number of anilines is 1. The lowest BCUT2D eigenvalue weighted by Gasteiger charge is -2.19. The van der Waals surface area contributed by atoms with Crippen LogP contribution in [-0.4, -0.2) is 41.3 Å². The fraction of sp³-hybridized carbons (Fsp3) is 0.421. The molecule has 0 aliphatic rings. The molecule has 2 aromatic rings. The molecule has 26 heavy (non-hydrogen) atoms. The van der Waals surface area contributed by atoms with E-state index in [0.717, 1.165) is 16.8 Å². The van der Waals surface area contributed by atoms with Crippen molar-refractivity contribution in [1.82, 2.24) is 15.2 Å². The predicted octanol–water partition coefficient (Wildman–Crippen LogP) is 3.29. The Bertz CT molecular complexity index is 755. The molecule has 0 aliphatic heterocycles. The molecule has 2 rings (SSSR count). The highest BCUT2D eigenvalue weighted by molar-refractivity contribution is 7.14. The number of hydrogen-bond donors (Lipinski definition) is 2. The Kier molecular flexibility index (Phi) is 6.88. The van der Waals surface area contributed by atoms with Crippen molar-refractivity contribution < 1.29 is 9.59 Å². The first-order chi connectivity index (χ1) is 12.3. The number of thiazole rings is 1. The number of amides is 2. The van der Waals surface area contributed by atoms with Crippen molar-refractivity contribution in [2.75, 3.05) is 18.9 Å². The number of likely N-dealkylation sites (N-methyl/N-ethyl adjacent to an activating group) is 1. The van der Waals surface area contributed by atoms with E-state index in [-0.39, 0.29) is 17.9 Å². The summed E-state index contributed by atoms with van der Waals surface area (Å²) in [5.74, 6) is -0.119. The lowest BCUT2D eigenvalue weighted by Crippen LogP contribution is -2.34. The summed E-state index contributed by atoms with van der Waals surface area (Å²) in [6.07, 6.45) is 0. The molecule has 140 valence electrons. The second kappa shape index (κ2) is 8.91. The van der Waals surface area contributed by atoms with Crippen LogP contribution in [-0.2, 0) is 9.59 Å². The second-order valence-electron chi connectivity index (χ2n) is 6.64. The molecule has 0 spiro atoms. The Morgan fingerprint density at radius 1 is 1.19 bits per heavy atom. The molecule has 1 aromatic heterocycles. The van der Waals surface area contributed by atoms with Crippen LogP contribution in [0.1, 0.15) is 39.3 Å². The van der Waals surface area contributed by atoms with Gasteiger partial charge in [-0.15, -0.1) is 11.3 Å². The number of nitrogens with one attached hydrogen (secondary N) is 2. The Morgan fingerprint density at radius 2 is 1.85 bits per heavy atom. The zero-order chi connectivity index (χ0) is 19.3. The summed E-state index contributed by atoms with van der Waals surface area (Å²) in [5.41, 5.74) is 2.82. The first-order valence-electron chi connectivity index (χ1n) is 8.59. The van der Waals surface area contributed by atoms with Crippen LogP contribution in [0.3, 0.4) is 0 Å². The fourth-order valence-corrected chi connectivity index (χ4v) is 3.10. The predicted molar refractivity (Wildman–Crippen MR) is 106 cm³/mol. The lowest BCUT2D eigenvalue weighted by molar-refractivity contribution is -0.119. The van der Waals surface area contributed by atoms with Gasteiger partial charge in [0.2, 0.25) is 11.8 Å². The number of rotatable bonds is 7. The maximum absolute atomic E-state index is 12.1. The van der Waals surface area contributed by atoms with Crippen LogP contribution >= 0.6 is 11.3 Å². The smallest absolute Gasteiger partial charge is 0.240 e. The van der Waals surface area contributed by atoms with Gasteiger partial charge >= 0.3 is 0 Å². The Morgan fingerprint density at radius 3 is 2.42 bits per heavy atom. The third kappa shape index (κ3) is 5.64. The van der Waals surface area contributed by atoms with Crippen molar-refractivity contribution in [1.29, 1.82) is 0 Å². The van der Waals surface area contributed by atoms with E-state index >= 15 is 0 Å². The van der Waals surface area contributed by atoms with Gasteiger partial charge in [-0.2, -0.15) is 0 Å². The maximum atomic E-state index is 12.1. The molecule has 0 radical (unpaired) electrons. The highest BCUT2D eigenvalue weighted by atomic mass is 32.1. The van der Waals surface area contributed by atoms with Gasteiger partial charge in [-0.1, -0.05) is 24.3 Å². The van der Waals surface area contributed by atoms with Gasteiger partial charge in [0.25, 0.3) is 0 Å². The van der Waals surface area contributed by atoms with E-state index in [1.807, 2.05) is 62.4 Å². The number of hydrogen-bond acceptors (Lipinski definition) is 5. The molecular formula is C19H26N4O2S. The summed E-state index contributed by atoms with van der Waals surface area (Å²) >= 11 is 1.41. The van der Waals surface area contributed by atoms with Gasteiger partial charge in [0.05, 0.1) is 18.3 Å². The average molecular weight is 375 g/mol. The minimum Gasteiger partial charge on any atom is -0.350 e. The molecule has 1 aromatic carbocycles. The number of aromatic nitrogens is 1. The summed E-state index contributed by atoms with van der Waals surface area (Å²) in [6.45, 7) is 7.88. The summed E-state index contributed by atoms with van der Waals surface area (Å²) < 4.78 is 0. The van der Waals surface area contributed by atoms with Gasteiger partial charge in [0, 0.05) is 23.9 Å². The van der Waals surface area contributed by atoms with E-state index in [0.29, 0.717) is 17.7 Å². The number of nitrogens with zero attached hydrogens (tertiary/aromatic N) is 2. The number of carbonyl (C=O) groups excluding carboxylic acids is 2. The summed E-state index contributed by atoms with van der Waals surface area (Å²) in [4.78, 5) is 29.7. The third-order valence-electron chi connectivity index (χ3n) is 4.15. The molecule has 0 fully saturated rings. The fourth-order valence-electron chi connectivity index (χ4n) is 2.36. The molecule has 0 aliphatic carbocycles. The quantitative estimate of drug-likeness (QED) is 0.780. The van der Waals surface area contributed by atoms with Crippen LogP contribution < -0.4 is 10.6 Å². The minimum atomic E-state index is -0.0680. The van der Waals surface area contributed by atoms with Crippen LogP contribution in [0, 0.1) is 0 Å². The molecule has 0 unspecified atom stereocenters. The largest absolute Gasteiger partial charge is 0.350 e. The molecule has 7 heteroatoms. The summed E-state index contributed by atoms with van der Waals surface area (Å²) in [5, 5.41) is 8.23. The molecule has 6 nitrogen and oxygen atoms in total. The third-order valence-corrected chi connectivity index (χ3v) is 4.91. The van der Waals surface area contributed by atoms with Crippen LogP contribution in [0.5, 0.6) is 0 Å². The van der Waals surface area contributed by atoms with Crippen LogP contribution in [0.2, 0.25) is 0 Å². The van der Waals surface area contributed by atoms with Gasteiger partial charge in [-0.3, -0.25) is 14.5 Å². The SMILES string of the molecule is CC(=O)N[C@H](C)c1ccc(-c2csc(NC(=O)CN(C)C(C)C)n2)cc1. The highest BCUT2D eigenvalue weighted by Gasteiger charge is 2.12. The standard InChI is InChI=1S/C19H26N4O2S/c1-12(2)23(5)10-18(25)22-19-21-17(11-26-19)16-8-6-15(7-9-16)13(3)20-14(4)24/h6-9,11-13H,10H2,1-5H3,(H,20,24)(H,21,22,25)/t13-/m1/s1. The van der Waals surface area contributed by atoms with Crippen molar-refractivity contribution in [2.24, 2.45) is 0 Å². The van der Waals surface area contributed by atoms with Crippen molar-refractivity contribution in [3.63, 3.8) is 0 Å². The van der Waals surface area contributed by atoms with Gasteiger partial charge in [0.15, 0.2) is 5.13 Å². The minimum absolute atomic E-state index is 0.0372. The van der Waals surface area contributed by atoms with Crippen LogP contribution in [0.4, 0.5) is 5.13 Å². The van der Waals surface area contributed by atoms with E-state index in [4.69, 9.17) is 0 Å². The zero-order valence-corrected chi connectivity index (χ0v) is 16.7. The molecule has 1 atom stereocenters. The normalized spacial score (nSPS) is 12.3. The molecule has 2 amide bonds. The molecule has 0 saturated carbocycles. The van der Waals surface area contributed by atoms with Crippen LogP contribution in [0.25, 0.3) is 11.3 Å². The van der Waals surface area contributed by atoms with Crippen molar-refractivity contribution in [2.45, 2.75) is 39.8 Å². The van der Waals surface area contributed by atoms with Crippen molar-refractivity contribution in [3.05, 3.63) is 35.2 Å². The number of carbonyl (C=O) groups is 2. The van der Waals surface area contributed by atoms with E-state index in [2.05, 4.69) is 15.6 Å². The van der Waals surface area contributed by atoms with Gasteiger partial charge in [-0.05, 0) is 33.4 Å². The van der Waals surface area contributed by atoms with E-state index < -0.39 is 0 Å². The van der Waals surface area contributed by atoms with Gasteiger partial charge < -0.3 is 10.6 Å².